The average Bonchev–Trinajstić information content (AvgIpc) is 2.99. The minimum atomic E-state index is -0.576. The lowest BCUT2D eigenvalue weighted by Gasteiger charge is -2.30. The number of ketones is 1. The van der Waals surface area contributed by atoms with Crippen LogP contribution in [0.25, 0.3) is 0 Å². The largest absolute Gasteiger partial charge is 0.379 e. The van der Waals surface area contributed by atoms with Gasteiger partial charge in [0.25, 0.3) is 5.78 Å². The number of morpholine rings is 1. The number of hydrogen-bond donors (Lipinski definition) is 1. The number of halogens is 1. The molecule has 2 aliphatic rings. The first-order chi connectivity index (χ1) is 14.5. The Morgan fingerprint density at radius 2 is 1.87 bits per heavy atom. The summed E-state index contributed by atoms with van der Waals surface area (Å²) in [5.74, 6) is -1.14. The Labute approximate surface area is 181 Å². The summed E-state index contributed by atoms with van der Waals surface area (Å²) in [5, 5.41) is 2.63. The summed E-state index contributed by atoms with van der Waals surface area (Å²) in [5.41, 5.74) is 2.01. The van der Waals surface area contributed by atoms with Crippen LogP contribution < -0.4 is 10.2 Å². The molecule has 0 unspecified atom stereocenters. The van der Waals surface area contributed by atoms with Crippen molar-refractivity contribution in [1.29, 1.82) is 0 Å². The Morgan fingerprint density at radius 1 is 1.13 bits per heavy atom. The Hall–Kier alpha value is -2.88. The van der Waals surface area contributed by atoms with Gasteiger partial charge >= 0.3 is 11.9 Å². The summed E-state index contributed by atoms with van der Waals surface area (Å²) < 4.78 is 6.26. The van der Waals surface area contributed by atoms with Crippen LogP contribution in [0.1, 0.15) is 15.9 Å². The fraction of sp³-hybridized carbons (Fsp3) is 0.238. The molecule has 0 spiro atoms. The van der Waals surface area contributed by atoms with Gasteiger partial charge in [-0.05, 0) is 35.9 Å². The van der Waals surface area contributed by atoms with Crippen molar-refractivity contribution in [2.24, 2.45) is 4.99 Å². The lowest BCUT2D eigenvalue weighted by Crippen LogP contribution is -2.45. The number of nitrogens with one attached hydrogen (secondary N) is 1. The third kappa shape index (κ3) is 4.48. The second kappa shape index (κ2) is 8.86. The predicted octanol–water partition coefficient (Wildman–Crippen LogP) is 2.92. The molecule has 2 aromatic carbocycles. The topological polar surface area (TPSA) is 91.3 Å². The molecular formula is C21H19BrN4O4. The van der Waals surface area contributed by atoms with E-state index in [1.165, 1.54) is 17.2 Å². The van der Waals surface area contributed by atoms with Gasteiger partial charge in [-0.15, -0.1) is 0 Å². The number of amides is 3. The van der Waals surface area contributed by atoms with E-state index in [0.29, 0.717) is 44.3 Å². The van der Waals surface area contributed by atoms with Crippen LogP contribution in [0.15, 0.2) is 51.9 Å². The standard InChI is InChI=1S/C21H19BrN4O4/c22-15-3-1-14(2-4-15)12-23-21(29)24-16-5-6-18-17(11-16)19(27)20(28)26(18)13-25-7-9-30-10-8-25/h1-6,11-12H,7-10,13H2,(H,24,29). The minimum absolute atomic E-state index is 0.281. The Kier molecular flexibility index (Phi) is 6.03. The first-order valence-electron chi connectivity index (χ1n) is 9.42. The molecule has 0 aromatic heterocycles. The lowest BCUT2D eigenvalue weighted by atomic mass is 10.1. The quantitative estimate of drug-likeness (QED) is 0.547. The van der Waals surface area contributed by atoms with Crippen LogP contribution in [0.3, 0.4) is 0 Å². The van der Waals surface area contributed by atoms with E-state index in [1.807, 2.05) is 24.3 Å². The summed E-state index contributed by atoms with van der Waals surface area (Å²) in [6.07, 6.45) is 1.45. The van der Waals surface area contributed by atoms with Crippen molar-refractivity contribution in [3.63, 3.8) is 0 Å². The molecule has 0 bridgehead atoms. The summed E-state index contributed by atoms with van der Waals surface area (Å²) in [4.78, 5) is 44.4. The Bertz CT molecular complexity index is 1020. The lowest BCUT2D eigenvalue weighted by molar-refractivity contribution is -0.114. The van der Waals surface area contributed by atoms with Gasteiger partial charge in [0.1, 0.15) is 0 Å². The van der Waals surface area contributed by atoms with Crippen LogP contribution in [0.4, 0.5) is 16.2 Å². The normalized spacial score (nSPS) is 16.9. The molecule has 3 amide bonds. The van der Waals surface area contributed by atoms with E-state index in [9.17, 15) is 14.4 Å². The van der Waals surface area contributed by atoms with Gasteiger partial charge in [-0.25, -0.2) is 9.79 Å². The van der Waals surface area contributed by atoms with Gasteiger partial charge in [0, 0.05) is 29.5 Å². The van der Waals surface area contributed by atoms with Crippen molar-refractivity contribution in [1.82, 2.24) is 4.90 Å². The third-order valence-electron chi connectivity index (χ3n) is 4.87. The first-order valence-corrected chi connectivity index (χ1v) is 10.2. The number of urea groups is 1. The van der Waals surface area contributed by atoms with Crippen molar-refractivity contribution in [2.45, 2.75) is 0 Å². The summed E-state index contributed by atoms with van der Waals surface area (Å²) in [6, 6.07) is 11.6. The van der Waals surface area contributed by atoms with Crippen molar-refractivity contribution in [2.75, 3.05) is 43.2 Å². The van der Waals surface area contributed by atoms with Gasteiger partial charge < -0.3 is 10.1 Å². The van der Waals surface area contributed by atoms with Crippen LogP contribution in [0.5, 0.6) is 0 Å². The molecule has 0 atom stereocenters. The van der Waals surface area contributed by atoms with E-state index in [0.717, 1.165) is 10.0 Å². The van der Waals surface area contributed by atoms with Crippen LogP contribution in [0, 0.1) is 0 Å². The molecule has 0 aliphatic carbocycles. The number of ether oxygens (including phenoxy) is 1. The van der Waals surface area contributed by atoms with Crippen molar-refractivity contribution in [3.05, 3.63) is 58.1 Å². The highest BCUT2D eigenvalue weighted by Gasteiger charge is 2.37. The molecular weight excluding hydrogens is 452 g/mol. The van der Waals surface area contributed by atoms with Crippen molar-refractivity contribution in [3.8, 4) is 0 Å². The summed E-state index contributed by atoms with van der Waals surface area (Å²) in [7, 11) is 0. The number of carbonyl (C=O) groups is 3. The first kappa shape index (κ1) is 20.4. The monoisotopic (exact) mass is 470 g/mol. The van der Waals surface area contributed by atoms with E-state index in [1.54, 1.807) is 12.1 Å². The number of hydrogen-bond acceptors (Lipinski definition) is 5. The van der Waals surface area contributed by atoms with E-state index < -0.39 is 17.7 Å². The highest BCUT2D eigenvalue weighted by Crippen LogP contribution is 2.31. The number of fused-ring (bicyclic) bond motifs is 1. The van der Waals surface area contributed by atoms with E-state index in [4.69, 9.17) is 4.74 Å². The van der Waals surface area contributed by atoms with Crippen LogP contribution >= 0.6 is 15.9 Å². The maximum absolute atomic E-state index is 12.5. The van der Waals surface area contributed by atoms with Crippen molar-refractivity contribution >= 4 is 51.2 Å². The Morgan fingerprint density at radius 3 is 2.60 bits per heavy atom. The molecule has 1 fully saturated rings. The molecule has 1 saturated heterocycles. The number of nitrogens with zero attached hydrogens (tertiary/aromatic N) is 3. The maximum Gasteiger partial charge on any atom is 0.345 e. The van der Waals surface area contributed by atoms with Gasteiger partial charge in [-0.3, -0.25) is 19.4 Å². The Balaban J connectivity index is 1.45. The van der Waals surface area contributed by atoms with Crippen LogP contribution in [-0.2, 0) is 9.53 Å². The maximum atomic E-state index is 12.5. The van der Waals surface area contributed by atoms with E-state index >= 15 is 0 Å². The molecule has 0 saturated carbocycles. The van der Waals surface area contributed by atoms with E-state index in [2.05, 4.69) is 31.1 Å². The molecule has 1 N–H and O–H groups in total. The second-order valence-electron chi connectivity index (χ2n) is 6.91. The molecule has 2 heterocycles. The van der Waals surface area contributed by atoms with Crippen LogP contribution in [0.2, 0.25) is 0 Å². The predicted molar refractivity (Wildman–Crippen MR) is 116 cm³/mol. The number of aliphatic imine (C=N–C) groups is 1. The second-order valence-corrected chi connectivity index (χ2v) is 7.82. The van der Waals surface area contributed by atoms with Gasteiger partial charge in [-0.1, -0.05) is 28.1 Å². The van der Waals surface area contributed by atoms with Crippen LogP contribution in [-0.4, -0.2) is 61.8 Å². The fourth-order valence-electron chi connectivity index (χ4n) is 3.30. The number of benzene rings is 2. The number of rotatable bonds is 4. The minimum Gasteiger partial charge on any atom is -0.379 e. The highest BCUT2D eigenvalue weighted by atomic mass is 79.9. The number of carbonyl (C=O) groups excluding carboxylic acids is 3. The smallest absolute Gasteiger partial charge is 0.345 e. The molecule has 30 heavy (non-hydrogen) atoms. The van der Waals surface area contributed by atoms with E-state index in [-0.39, 0.29) is 5.56 Å². The molecule has 9 heteroatoms. The molecule has 154 valence electrons. The van der Waals surface area contributed by atoms with Gasteiger partial charge in [-0.2, -0.15) is 0 Å². The molecule has 4 rings (SSSR count). The SMILES string of the molecule is O=C(N=Cc1ccc(Br)cc1)Nc1ccc2c(c1)C(=O)C(=O)N2CN1CCOCC1. The number of anilines is 2. The summed E-state index contributed by atoms with van der Waals surface area (Å²) >= 11 is 3.35. The average molecular weight is 471 g/mol. The molecule has 0 radical (unpaired) electrons. The third-order valence-corrected chi connectivity index (χ3v) is 5.40. The molecule has 2 aliphatic heterocycles. The molecule has 2 aromatic rings. The summed E-state index contributed by atoms with van der Waals surface area (Å²) in [6.45, 7) is 2.96. The van der Waals surface area contributed by atoms with Gasteiger partial charge in [0.05, 0.1) is 31.1 Å². The van der Waals surface area contributed by atoms with Gasteiger partial charge in [0.15, 0.2) is 0 Å². The molecule has 8 nitrogen and oxygen atoms in total. The zero-order valence-corrected chi connectivity index (χ0v) is 17.6. The van der Waals surface area contributed by atoms with Crippen molar-refractivity contribution < 1.29 is 19.1 Å². The van der Waals surface area contributed by atoms with Gasteiger partial charge in [0.2, 0.25) is 0 Å². The fourth-order valence-corrected chi connectivity index (χ4v) is 3.56. The number of Topliss-reactive ketones (excluding diaryl/α,β-unsaturated/α-hetero) is 1. The zero-order chi connectivity index (χ0) is 21.1. The highest BCUT2D eigenvalue weighted by molar-refractivity contribution is 9.10. The zero-order valence-electron chi connectivity index (χ0n) is 16.0.